The van der Waals surface area contributed by atoms with Crippen LogP contribution in [0.15, 0.2) is 60.4 Å². The molecule has 0 saturated heterocycles. The average Bonchev–Trinajstić information content (AvgIpc) is 3.13. The van der Waals surface area contributed by atoms with Gasteiger partial charge in [0.1, 0.15) is 17.2 Å². The molecule has 0 fully saturated rings. The number of hydrogen-bond donors (Lipinski definition) is 0. The minimum Gasteiger partial charge on any atom is -0.496 e. The predicted molar refractivity (Wildman–Crippen MR) is 122 cm³/mol. The highest BCUT2D eigenvalue weighted by atomic mass is 35.5. The summed E-state index contributed by atoms with van der Waals surface area (Å²) in [6.45, 7) is 0. The maximum atomic E-state index is 12.9. The fourth-order valence-electron chi connectivity index (χ4n) is 3.29. The Hall–Kier alpha value is -3.97. The van der Waals surface area contributed by atoms with Gasteiger partial charge in [-0.05, 0) is 48.5 Å². The number of ketones is 1. The highest BCUT2D eigenvalue weighted by Crippen LogP contribution is 2.39. The Kier molecular flexibility index (Phi) is 6.24. The Labute approximate surface area is 195 Å². The van der Waals surface area contributed by atoms with Gasteiger partial charge >= 0.3 is 5.97 Å². The van der Waals surface area contributed by atoms with Gasteiger partial charge in [-0.2, -0.15) is 0 Å². The number of hydrogen-bond acceptors (Lipinski definition) is 7. The van der Waals surface area contributed by atoms with Gasteiger partial charge in [-0.25, -0.2) is 4.79 Å². The van der Waals surface area contributed by atoms with Gasteiger partial charge in [-0.3, -0.25) is 4.79 Å². The number of ether oxygens (including phenoxy) is 5. The maximum absolute atomic E-state index is 12.9. The number of carbonyl (C=O) groups excluding carboxylic acids is 2. The molecule has 0 amide bonds. The second-order valence-electron chi connectivity index (χ2n) is 6.94. The lowest BCUT2D eigenvalue weighted by Gasteiger charge is -2.12. The van der Waals surface area contributed by atoms with E-state index in [4.69, 9.17) is 35.3 Å². The molecule has 0 unspecified atom stereocenters. The number of rotatable bonds is 6. The van der Waals surface area contributed by atoms with E-state index in [-0.39, 0.29) is 23.0 Å². The van der Waals surface area contributed by atoms with Crippen molar-refractivity contribution in [2.45, 2.75) is 0 Å². The second kappa shape index (κ2) is 9.26. The van der Waals surface area contributed by atoms with E-state index >= 15 is 0 Å². The molecule has 8 heteroatoms. The van der Waals surface area contributed by atoms with Gasteiger partial charge in [-0.1, -0.05) is 11.6 Å². The monoisotopic (exact) mass is 466 g/mol. The van der Waals surface area contributed by atoms with Crippen LogP contribution in [0.4, 0.5) is 0 Å². The van der Waals surface area contributed by atoms with Crippen LogP contribution in [0.5, 0.6) is 28.7 Å². The van der Waals surface area contributed by atoms with Crippen LogP contribution in [0.3, 0.4) is 0 Å². The highest BCUT2D eigenvalue weighted by molar-refractivity contribution is 6.30. The van der Waals surface area contributed by atoms with Gasteiger partial charge in [0.15, 0.2) is 17.3 Å². The normalized spacial score (nSPS) is 13.3. The lowest BCUT2D eigenvalue weighted by atomic mass is 10.1. The van der Waals surface area contributed by atoms with E-state index in [1.54, 1.807) is 48.5 Å². The summed E-state index contributed by atoms with van der Waals surface area (Å²) >= 11 is 5.85. The van der Waals surface area contributed by atoms with E-state index < -0.39 is 5.97 Å². The minimum absolute atomic E-state index is 0.0942. The molecular formula is C25H19ClO7. The SMILES string of the molecule is COc1cc(OC)c(OC)cc1/C=C1\Oc2cc(OC(=O)c3ccc(Cl)cc3)ccc2C1=O. The van der Waals surface area contributed by atoms with Crippen LogP contribution in [0.2, 0.25) is 5.02 Å². The molecule has 0 aliphatic carbocycles. The zero-order valence-electron chi connectivity index (χ0n) is 18.0. The molecule has 4 rings (SSSR count). The molecule has 1 heterocycles. The Morgan fingerprint density at radius 1 is 0.879 bits per heavy atom. The minimum atomic E-state index is -0.554. The van der Waals surface area contributed by atoms with Crippen molar-refractivity contribution in [3.8, 4) is 28.7 Å². The molecule has 7 nitrogen and oxygen atoms in total. The molecule has 0 bridgehead atoms. The zero-order valence-corrected chi connectivity index (χ0v) is 18.8. The van der Waals surface area contributed by atoms with Crippen LogP contribution in [-0.4, -0.2) is 33.1 Å². The number of carbonyl (C=O) groups is 2. The van der Waals surface area contributed by atoms with Crippen molar-refractivity contribution < 1.29 is 33.3 Å². The summed E-state index contributed by atoms with van der Waals surface area (Å²) < 4.78 is 27.2. The van der Waals surface area contributed by atoms with Crippen molar-refractivity contribution in [3.05, 3.63) is 82.1 Å². The Morgan fingerprint density at radius 3 is 2.21 bits per heavy atom. The van der Waals surface area contributed by atoms with Crippen molar-refractivity contribution in [2.75, 3.05) is 21.3 Å². The topological polar surface area (TPSA) is 80.3 Å². The van der Waals surface area contributed by atoms with Crippen molar-refractivity contribution in [1.29, 1.82) is 0 Å². The first-order valence-corrected chi connectivity index (χ1v) is 10.2. The molecule has 3 aromatic rings. The van der Waals surface area contributed by atoms with Crippen molar-refractivity contribution in [1.82, 2.24) is 0 Å². The number of benzene rings is 3. The summed E-state index contributed by atoms with van der Waals surface area (Å²) in [5.74, 6) is 1.20. The summed E-state index contributed by atoms with van der Waals surface area (Å²) in [7, 11) is 4.55. The molecular weight excluding hydrogens is 448 g/mol. The quantitative estimate of drug-likeness (QED) is 0.280. The van der Waals surface area contributed by atoms with Gasteiger partial charge in [0.25, 0.3) is 0 Å². The summed E-state index contributed by atoms with van der Waals surface area (Å²) in [5.41, 5.74) is 1.27. The summed E-state index contributed by atoms with van der Waals surface area (Å²) in [6.07, 6.45) is 1.56. The predicted octanol–water partition coefficient (Wildman–Crippen LogP) is 5.20. The van der Waals surface area contributed by atoms with Gasteiger partial charge in [0.2, 0.25) is 5.78 Å². The van der Waals surface area contributed by atoms with Crippen LogP contribution in [0, 0.1) is 0 Å². The van der Waals surface area contributed by atoms with E-state index in [2.05, 4.69) is 0 Å². The van der Waals surface area contributed by atoms with E-state index in [0.29, 0.717) is 39.0 Å². The summed E-state index contributed by atoms with van der Waals surface area (Å²) in [4.78, 5) is 25.2. The van der Waals surface area contributed by atoms with Gasteiger partial charge in [-0.15, -0.1) is 0 Å². The Morgan fingerprint density at radius 2 is 1.55 bits per heavy atom. The van der Waals surface area contributed by atoms with Crippen LogP contribution in [0.1, 0.15) is 26.3 Å². The van der Waals surface area contributed by atoms with Crippen molar-refractivity contribution in [3.63, 3.8) is 0 Å². The molecule has 0 spiro atoms. The third-order valence-electron chi connectivity index (χ3n) is 4.95. The van der Waals surface area contributed by atoms with Gasteiger partial charge in [0, 0.05) is 22.7 Å². The molecule has 3 aromatic carbocycles. The van der Waals surface area contributed by atoms with Gasteiger partial charge < -0.3 is 23.7 Å². The molecule has 0 N–H and O–H groups in total. The van der Waals surface area contributed by atoms with E-state index in [1.165, 1.54) is 33.5 Å². The zero-order chi connectivity index (χ0) is 23.5. The standard InChI is InChI=1S/C25H19ClO7/c1-29-19-13-22(31-3)21(30-2)10-15(19)11-23-24(27)18-9-8-17(12-20(18)33-23)32-25(28)14-4-6-16(26)7-5-14/h4-13H,1-3H3/b23-11-. The third kappa shape index (κ3) is 4.49. The molecule has 0 saturated carbocycles. The molecule has 0 radical (unpaired) electrons. The lowest BCUT2D eigenvalue weighted by molar-refractivity contribution is 0.0734. The Bertz CT molecular complexity index is 1260. The van der Waals surface area contributed by atoms with Crippen LogP contribution in [0.25, 0.3) is 6.08 Å². The number of halogens is 1. The molecule has 168 valence electrons. The lowest BCUT2D eigenvalue weighted by Crippen LogP contribution is -2.08. The number of fused-ring (bicyclic) bond motifs is 1. The fourth-order valence-corrected chi connectivity index (χ4v) is 3.42. The number of esters is 1. The third-order valence-corrected chi connectivity index (χ3v) is 5.21. The molecule has 1 aliphatic heterocycles. The summed E-state index contributed by atoms with van der Waals surface area (Å²) in [6, 6.07) is 14.3. The van der Waals surface area contributed by atoms with Gasteiger partial charge in [0.05, 0.1) is 32.5 Å². The van der Waals surface area contributed by atoms with E-state index in [0.717, 1.165) is 0 Å². The number of methoxy groups -OCH3 is 3. The van der Waals surface area contributed by atoms with Crippen molar-refractivity contribution >= 4 is 29.4 Å². The molecule has 1 aliphatic rings. The number of Topliss-reactive ketones (excluding diaryl/α,β-unsaturated/α-hetero) is 1. The first-order valence-electron chi connectivity index (χ1n) is 9.79. The molecule has 0 aromatic heterocycles. The van der Waals surface area contributed by atoms with Crippen LogP contribution in [-0.2, 0) is 0 Å². The van der Waals surface area contributed by atoms with Crippen molar-refractivity contribution in [2.24, 2.45) is 0 Å². The average molecular weight is 467 g/mol. The smallest absolute Gasteiger partial charge is 0.343 e. The summed E-state index contributed by atoms with van der Waals surface area (Å²) in [5, 5.41) is 0.515. The molecule has 0 atom stereocenters. The van der Waals surface area contributed by atoms with Crippen LogP contribution < -0.4 is 23.7 Å². The Balaban J connectivity index is 1.59. The first kappa shape index (κ1) is 22.2. The van der Waals surface area contributed by atoms with Crippen LogP contribution >= 0.6 is 11.6 Å². The maximum Gasteiger partial charge on any atom is 0.343 e. The molecule has 33 heavy (non-hydrogen) atoms. The first-order chi connectivity index (χ1) is 15.9. The second-order valence-corrected chi connectivity index (χ2v) is 7.38. The highest BCUT2D eigenvalue weighted by Gasteiger charge is 2.29. The largest absolute Gasteiger partial charge is 0.496 e. The van der Waals surface area contributed by atoms with E-state index in [9.17, 15) is 9.59 Å². The number of allylic oxidation sites excluding steroid dienone is 1. The fraction of sp³-hybridized carbons (Fsp3) is 0.120. The van der Waals surface area contributed by atoms with E-state index in [1.807, 2.05) is 0 Å².